The minimum absolute atomic E-state index is 0.0246. The molecule has 0 bridgehead atoms. The highest BCUT2D eigenvalue weighted by atomic mass is 16.3. The van der Waals surface area contributed by atoms with Gasteiger partial charge in [0.2, 0.25) is 5.65 Å². The first-order chi connectivity index (χ1) is 15.6. The number of hydrogen-bond acceptors (Lipinski definition) is 8. The number of fused-ring (bicyclic) bond motifs is 1. The van der Waals surface area contributed by atoms with Gasteiger partial charge in [0.05, 0.1) is 17.4 Å². The molecule has 0 amide bonds. The third kappa shape index (κ3) is 4.68. The van der Waals surface area contributed by atoms with Gasteiger partial charge in [-0.15, -0.1) is 15.3 Å². The molecule has 9 heteroatoms. The third-order valence-corrected chi connectivity index (χ3v) is 5.88. The van der Waals surface area contributed by atoms with E-state index < -0.39 is 0 Å². The maximum Gasteiger partial charge on any atom is 0.201 e. The molecule has 0 aliphatic carbocycles. The number of phenols is 1. The SMILES string of the molecule is C=N/C=C\C(=NC)c1ccc(-c2cc3nnn(C4CC(C)(C)NC(C)(C)C4)c3nn2)c(O)c1. The molecule has 0 unspecified atom stereocenters. The Morgan fingerprint density at radius 2 is 1.88 bits per heavy atom. The molecule has 4 rings (SSSR count). The van der Waals surface area contributed by atoms with Crippen molar-refractivity contribution in [1.82, 2.24) is 30.5 Å². The zero-order valence-electron chi connectivity index (χ0n) is 19.7. The average molecular weight is 447 g/mol. The van der Waals surface area contributed by atoms with Gasteiger partial charge in [-0.3, -0.25) is 9.98 Å². The van der Waals surface area contributed by atoms with E-state index in [0.29, 0.717) is 28.1 Å². The van der Waals surface area contributed by atoms with Gasteiger partial charge in [0.1, 0.15) is 11.3 Å². The summed E-state index contributed by atoms with van der Waals surface area (Å²) in [6.45, 7) is 12.2. The molecule has 0 atom stereocenters. The molecule has 0 spiro atoms. The fourth-order valence-corrected chi connectivity index (χ4v) is 4.90. The second-order valence-electron chi connectivity index (χ2n) is 9.77. The van der Waals surface area contributed by atoms with Gasteiger partial charge in [0, 0.05) is 35.5 Å². The lowest BCUT2D eigenvalue weighted by Gasteiger charge is -2.46. The van der Waals surface area contributed by atoms with Crippen molar-refractivity contribution in [3.05, 3.63) is 42.1 Å². The van der Waals surface area contributed by atoms with Crippen LogP contribution in [0.25, 0.3) is 22.4 Å². The van der Waals surface area contributed by atoms with E-state index in [1.807, 2.05) is 16.8 Å². The molecule has 3 aromatic rings. The zero-order valence-corrected chi connectivity index (χ0v) is 19.7. The van der Waals surface area contributed by atoms with Crippen LogP contribution in [-0.2, 0) is 0 Å². The van der Waals surface area contributed by atoms with Crippen molar-refractivity contribution < 1.29 is 5.11 Å². The van der Waals surface area contributed by atoms with Gasteiger partial charge >= 0.3 is 0 Å². The predicted molar refractivity (Wildman–Crippen MR) is 131 cm³/mol. The van der Waals surface area contributed by atoms with Crippen LogP contribution in [0.15, 0.2) is 46.5 Å². The summed E-state index contributed by atoms with van der Waals surface area (Å²) >= 11 is 0. The molecule has 33 heavy (non-hydrogen) atoms. The van der Waals surface area contributed by atoms with E-state index in [-0.39, 0.29) is 22.9 Å². The first kappa shape index (κ1) is 22.7. The van der Waals surface area contributed by atoms with Crippen LogP contribution in [0.1, 0.15) is 52.1 Å². The normalized spacial score (nSPS) is 18.8. The van der Waals surface area contributed by atoms with Crippen LogP contribution in [-0.4, -0.2) is 60.9 Å². The van der Waals surface area contributed by atoms with Gasteiger partial charge in [-0.25, -0.2) is 4.68 Å². The Balaban J connectivity index is 1.66. The molecule has 2 N–H and O–H groups in total. The molecule has 1 aliphatic rings. The number of nitrogens with one attached hydrogen (secondary N) is 1. The monoisotopic (exact) mass is 446 g/mol. The topological polar surface area (TPSA) is 113 Å². The number of phenolic OH excluding ortho intramolecular Hbond substituents is 1. The number of aliphatic imine (C=N–C) groups is 2. The summed E-state index contributed by atoms with van der Waals surface area (Å²) in [6, 6.07) is 7.29. The van der Waals surface area contributed by atoms with E-state index in [2.05, 4.69) is 70.2 Å². The number of aromatic nitrogens is 5. The summed E-state index contributed by atoms with van der Waals surface area (Å²) in [5.74, 6) is 0.0801. The van der Waals surface area contributed by atoms with Crippen molar-refractivity contribution in [2.24, 2.45) is 9.98 Å². The number of hydrogen-bond donors (Lipinski definition) is 2. The molecular formula is C24H30N8O. The van der Waals surface area contributed by atoms with Gasteiger partial charge in [-0.05, 0) is 71.5 Å². The number of allylic oxidation sites excluding steroid dienone is 1. The molecule has 172 valence electrons. The van der Waals surface area contributed by atoms with E-state index in [9.17, 15) is 5.11 Å². The lowest BCUT2D eigenvalue weighted by molar-refractivity contribution is 0.127. The minimum Gasteiger partial charge on any atom is -0.507 e. The van der Waals surface area contributed by atoms with Crippen LogP contribution in [0.4, 0.5) is 0 Å². The lowest BCUT2D eigenvalue weighted by atomic mass is 9.80. The predicted octanol–water partition coefficient (Wildman–Crippen LogP) is 3.71. The summed E-state index contributed by atoms with van der Waals surface area (Å²) in [5, 5.41) is 32.0. The summed E-state index contributed by atoms with van der Waals surface area (Å²) in [4.78, 5) is 7.93. The van der Waals surface area contributed by atoms with Crippen molar-refractivity contribution in [3.63, 3.8) is 0 Å². The Morgan fingerprint density at radius 3 is 2.52 bits per heavy atom. The highest BCUT2D eigenvalue weighted by Gasteiger charge is 2.39. The number of piperidine rings is 1. The maximum atomic E-state index is 10.7. The Hall–Kier alpha value is -3.46. The molecular weight excluding hydrogens is 416 g/mol. The molecule has 0 saturated carbocycles. The summed E-state index contributed by atoms with van der Waals surface area (Å²) in [5.41, 5.74) is 3.78. The number of rotatable bonds is 5. The molecule has 1 saturated heterocycles. The van der Waals surface area contributed by atoms with E-state index in [1.54, 1.807) is 31.5 Å². The van der Waals surface area contributed by atoms with Gasteiger partial charge in [-0.2, -0.15) is 0 Å². The quantitative estimate of drug-likeness (QED) is 0.578. The summed E-state index contributed by atoms with van der Waals surface area (Å²) in [7, 11) is 1.68. The number of benzene rings is 1. The van der Waals surface area contributed by atoms with Crippen LogP contribution >= 0.6 is 0 Å². The molecule has 1 aromatic carbocycles. The van der Waals surface area contributed by atoms with Crippen LogP contribution in [0.2, 0.25) is 0 Å². The Morgan fingerprint density at radius 1 is 1.15 bits per heavy atom. The highest BCUT2D eigenvalue weighted by molar-refractivity contribution is 6.09. The van der Waals surface area contributed by atoms with Gasteiger partial charge in [0.15, 0.2) is 0 Å². The standard InChI is InChI=1S/C24H30N8O/c1-23(2)13-16(14-24(3,4)30-23)32-22-20(28-31-32)12-19(27-29-22)17-8-7-15(11-21(17)33)18(26-6)9-10-25-5/h7-12,16,30,33H,5,13-14H2,1-4,6H3/b10-9-,26-18?. The van der Waals surface area contributed by atoms with Gasteiger partial charge in [0.25, 0.3) is 0 Å². The molecule has 2 aromatic heterocycles. The fourth-order valence-electron chi connectivity index (χ4n) is 4.90. The second kappa shape index (κ2) is 8.47. The molecule has 0 radical (unpaired) electrons. The first-order valence-corrected chi connectivity index (χ1v) is 10.9. The van der Waals surface area contributed by atoms with Gasteiger partial charge < -0.3 is 10.4 Å². The van der Waals surface area contributed by atoms with E-state index >= 15 is 0 Å². The minimum atomic E-state index is -0.0246. The van der Waals surface area contributed by atoms with Crippen LogP contribution in [0.3, 0.4) is 0 Å². The molecule has 1 fully saturated rings. The van der Waals surface area contributed by atoms with E-state index in [4.69, 9.17) is 0 Å². The number of nitrogens with zero attached hydrogens (tertiary/aromatic N) is 7. The van der Waals surface area contributed by atoms with Gasteiger partial charge in [-0.1, -0.05) is 11.3 Å². The first-order valence-electron chi connectivity index (χ1n) is 10.9. The summed E-state index contributed by atoms with van der Waals surface area (Å²) in [6.07, 6.45) is 5.12. The highest BCUT2D eigenvalue weighted by Crippen LogP contribution is 2.37. The fraction of sp³-hybridized carbons (Fsp3) is 0.417. The largest absolute Gasteiger partial charge is 0.507 e. The van der Waals surface area contributed by atoms with Crippen molar-refractivity contribution in [3.8, 4) is 17.0 Å². The van der Waals surface area contributed by atoms with Crippen molar-refractivity contribution in [2.75, 3.05) is 7.05 Å². The maximum absolute atomic E-state index is 10.7. The van der Waals surface area contributed by atoms with Crippen LogP contribution in [0, 0.1) is 0 Å². The Kier molecular flexibility index (Phi) is 5.84. The Bertz CT molecular complexity index is 1240. The lowest BCUT2D eigenvalue weighted by Crippen LogP contribution is -2.58. The van der Waals surface area contributed by atoms with Crippen LogP contribution in [0.5, 0.6) is 5.75 Å². The average Bonchev–Trinajstić information content (AvgIpc) is 3.15. The molecule has 3 heterocycles. The third-order valence-electron chi connectivity index (χ3n) is 5.88. The Labute approximate surface area is 193 Å². The second-order valence-corrected chi connectivity index (χ2v) is 9.77. The van der Waals surface area contributed by atoms with E-state index in [0.717, 1.165) is 18.4 Å². The summed E-state index contributed by atoms with van der Waals surface area (Å²) < 4.78 is 1.89. The molecule has 1 aliphatic heterocycles. The zero-order chi connectivity index (χ0) is 23.8. The van der Waals surface area contributed by atoms with E-state index in [1.165, 1.54) is 0 Å². The number of aromatic hydroxyl groups is 1. The smallest absolute Gasteiger partial charge is 0.201 e. The van der Waals surface area contributed by atoms with Crippen molar-refractivity contribution in [1.29, 1.82) is 0 Å². The van der Waals surface area contributed by atoms with Crippen LogP contribution < -0.4 is 5.32 Å². The van der Waals surface area contributed by atoms with Crippen molar-refractivity contribution in [2.45, 2.75) is 57.7 Å². The van der Waals surface area contributed by atoms with Crippen molar-refractivity contribution >= 4 is 23.6 Å². The molecule has 9 nitrogen and oxygen atoms in total.